The first kappa shape index (κ1) is 28.3. The highest BCUT2D eigenvalue weighted by molar-refractivity contribution is 9.09. The number of carbonyl (C=O) groups is 3. The van der Waals surface area contributed by atoms with E-state index in [1.54, 1.807) is 22.7 Å². The number of ether oxygens (including phenoxy) is 1. The highest BCUT2D eigenvalue weighted by Gasteiger charge is 2.76. The Morgan fingerprint density at radius 3 is 2.57 bits per heavy atom. The molecule has 7 nitrogen and oxygen atoms in total. The number of carbonyl (C=O) groups excluding carboxylic acids is 3. The standard InChI is InChI=1S/C26H39BrN2O5S/c1-7-10-16(6)28(11-8-2)24(32)22-26-13-17(27)21(35-26)19(25(33)34-12-9-3)20(26)23(31)29(22)18(14-30)15(4)5/h8-9,15-22,30H,2-3,7,10-14H2,1,4-6H3/t16?,17?,18-,19+,20-,21+,22?,26?/m0/s1. The number of esters is 1. The number of aliphatic hydroxyl groups is 1. The fourth-order valence-corrected chi connectivity index (χ4v) is 9.77. The van der Waals surface area contributed by atoms with Gasteiger partial charge in [0.25, 0.3) is 0 Å². The van der Waals surface area contributed by atoms with E-state index in [0.29, 0.717) is 13.0 Å². The second-order valence-electron chi connectivity index (χ2n) is 10.2. The van der Waals surface area contributed by atoms with Crippen molar-refractivity contribution in [1.82, 2.24) is 9.80 Å². The van der Waals surface area contributed by atoms with Crippen molar-refractivity contribution in [2.75, 3.05) is 19.8 Å². The first-order valence-corrected chi connectivity index (χ1v) is 14.3. The van der Waals surface area contributed by atoms with Crippen LogP contribution in [0.4, 0.5) is 0 Å². The minimum atomic E-state index is -0.772. The van der Waals surface area contributed by atoms with Gasteiger partial charge in [0.1, 0.15) is 12.6 Å². The van der Waals surface area contributed by atoms with Gasteiger partial charge in [0.05, 0.1) is 29.2 Å². The van der Waals surface area contributed by atoms with Crippen LogP contribution in [0.2, 0.25) is 0 Å². The number of hydrogen-bond donors (Lipinski definition) is 1. The minimum Gasteiger partial charge on any atom is -0.461 e. The largest absolute Gasteiger partial charge is 0.461 e. The Morgan fingerprint density at radius 2 is 2.03 bits per heavy atom. The highest BCUT2D eigenvalue weighted by atomic mass is 79.9. The number of nitrogens with zero attached hydrogens (tertiary/aromatic N) is 2. The summed E-state index contributed by atoms with van der Waals surface area (Å²) in [6, 6.07) is -1.32. The fourth-order valence-electron chi connectivity index (χ4n) is 6.19. The van der Waals surface area contributed by atoms with Gasteiger partial charge in [-0.25, -0.2) is 0 Å². The van der Waals surface area contributed by atoms with Crippen LogP contribution in [0.15, 0.2) is 25.3 Å². The molecule has 3 aliphatic rings. The van der Waals surface area contributed by atoms with Gasteiger partial charge in [-0.05, 0) is 25.7 Å². The summed E-state index contributed by atoms with van der Waals surface area (Å²) in [5.41, 5.74) is 0. The molecule has 3 heterocycles. The predicted molar refractivity (Wildman–Crippen MR) is 142 cm³/mol. The van der Waals surface area contributed by atoms with Crippen molar-refractivity contribution in [2.45, 2.75) is 79.9 Å². The number of thioether (sulfide) groups is 1. The van der Waals surface area contributed by atoms with Crippen molar-refractivity contribution >= 4 is 45.5 Å². The van der Waals surface area contributed by atoms with Crippen LogP contribution in [0, 0.1) is 17.8 Å². The minimum absolute atomic E-state index is 0.0266. The molecule has 8 atom stereocenters. The summed E-state index contributed by atoms with van der Waals surface area (Å²) in [5.74, 6) is -2.17. The zero-order chi connectivity index (χ0) is 26.1. The molecular formula is C26H39BrN2O5S. The van der Waals surface area contributed by atoms with Gasteiger partial charge in [-0.2, -0.15) is 0 Å². The molecule has 35 heavy (non-hydrogen) atoms. The summed E-state index contributed by atoms with van der Waals surface area (Å²) >= 11 is 5.34. The third-order valence-corrected chi connectivity index (χ3v) is 11.0. The van der Waals surface area contributed by atoms with E-state index in [1.807, 2.05) is 25.7 Å². The van der Waals surface area contributed by atoms with Gasteiger partial charge in [0.2, 0.25) is 11.8 Å². The molecule has 196 valence electrons. The molecule has 0 saturated carbocycles. The number of alkyl halides is 1. The number of aliphatic hydroxyl groups excluding tert-OH is 1. The second kappa shape index (κ2) is 11.4. The molecule has 0 aromatic heterocycles. The molecule has 0 radical (unpaired) electrons. The van der Waals surface area contributed by atoms with E-state index < -0.39 is 34.6 Å². The first-order chi connectivity index (χ1) is 16.6. The van der Waals surface area contributed by atoms with Crippen molar-refractivity contribution in [1.29, 1.82) is 0 Å². The van der Waals surface area contributed by atoms with Crippen molar-refractivity contribution in [3.63, 3.8) is 0 Å². The summed E-state index contributed by atoms with van der Waals surface area (Å²) in [5, 5.41) is 10.2. The third kappa shape index (κ3) is 4.73. The first-order valence-electron chi connectivity index (χ1n) is 12.5. The molecule has 0 aliphatic carbocycles. The summed E-state index contributed by atoms with van der Waals surface area (Å²) in [4.78, 5) is 45.1. The van der Waals surface area contributed by atoms with E-state index in [1.165, 1.54) is 6.08 Å². The van der Waals surface area contributed by atoms with Gasteiger partial charge >= 0.3 is 5.97 Å². The summed E-state index contributed by atoms with van der Waals surface area (Å²) < 4.78 is 4.67. The van der Waals surface area contributed by atoms with Crippen molar-refractivity contribution in [3.8, 4) is 0 Å². The van der Waals surface area contributed by atoms with Gasteiger partial charge in [0.15, 0.2) is 0 Å². The molecule has 2 amide bonds. The Bertz CT molecular complexity index is 854. The number of likely N-dealkylation sites (tertiary alicyclic amines) is 1. The molecule has 3 saturated heterocycles. The second-order valence-corrected chi connectivity index (χ2v) is 13.0. The topological polar surface area (TPSA) is 87.2 Å². The average molecular weight is 572 g/mol. The lowest BCUT2D eigenvalue weighted by molar-refractivity contribution is -0.153. The Hall–Kier alpha value is -1.32. The van der Waals surface area contributed by atoms with Crippen LogP contribution in [0.5, 0.6) is 0 Å². The molecule has 3 fully saturated rings. The highest BCUT2D eigenvalue weighted by Crippen LogP contribution is 2.68. The molecule has 3 aliphatic heterocycles. The maximum absolute atomic E-state index is 14.4. The molecular weight excluding hydrogens is 532 g/mol. The van der Waals surface area contributed by atoms with E-state index in [0.717, 1.165) is 12.8 Å². The summed E-state index contributed by atoms with van der Waals surface area (Å²) in [6.45, 7) is 15.7. The number of rotatable bonds is 12. The fraction of sp³-hybridized carbons (Fsp3) is 0.731. The van der Waals surface area contributed by atoms with Crippen LogP contribution in [0.25, 0.3) is 0 Å². The molecule has 1 N–H and O–H groups in total. The molecule has 9 heteroatoms. The number of fused-ring (bicyclic) bond motifs is 1. The van der Waals surface area contributed by atoms with E-state index in [2.05, 4.69) is 36.0 Å². The van der Waals surface area contributed by atoms with Gasteiger partial charge in [-0.1, -0.05) is 61.9 Å². The zero-order valence-electron chi connectivity index (χ0n) is 21.2. The third-order valence-electron chi connectivity index (χ3n) is 7.74. The maximum atomic E-state index is 14.4. The SMILES string of the molecule is C=CCOC(=O)[C@H]1[C@@H]2SC3(CC2Br)C(C(=O)N(CC=C)C(C)CCC)N([C@@H](CO)C(C)C)C(=O)[C@H]13. The predicted octanol–water partition coefficient (Wildman–Crippen LogP) is 3.40. The lowest BCUT2D eigenvalue weighted by atomic mass is 9.71. The Labute approximate surface area is 221 Å². The molecule has 2 bridgehead atoms. The number of amides is 2. The van der Waals surface area contributed by atoms with E-state index >= 15 is 0 Å². The molecule has 4 unspecified atom stereocenters. The maximum Gasteiger partial charge on any atom is 0.311 e. The lowest BCUT2D eigenvalue weighted by Crippen LogP contribution is -2.59. The van der Waals surface area contributed by atoms with Gasteiger partial charge in [-0.15, -0.1) is 18.3 Å². The quantitative estimate of drug-likeness (QED) is 0.220. The van der Waals surface area contributed by atoms with Crippen LogP contribution < -0.4 is 0 Å². The Balaban J connectivity index is 2.13. The van der Waals surface area contributed by atoms with Crippen molar-refractivity contribution in [3.05, 3.63) is 25.3 Å². The molecule has 3 rings (SSSR count). The van der Waals surface area contributed by atoms with Crippen LogP contribution in [0.3, 0.4) is 0 Å². The van der Waals surface area contributed by atoms with Gasteiger partial charge < -0.3 is 19.6 Å². The molecule has 1 spiro atoms. The molecule has 0 aromatic carbocycles. The lowest BCUT2D eigenvalue weighted by Gasteiger charge is -2.42. The summed E-state index contributed by atoms with van der Waals surface area (Å²) in [7, 11) is 0. The van der Waals surface area contributed by atoms with E-state index in [-0.39, 0.29) is 47.1 Å². The van der Waals surface area contributed by atoms with Crippen molar-refractivity contribution in [2.24, 2.45) is 17.8 Å². The molecule has 0 aromatic rings. The number of hydrogen-bond acceptors (Lipinski definition) is 6. The normalized spacial score (nSPS) is 32.9. The van der Waals surface area contributed by atoms with E-state index in [9.17, 15) is 19.5 Å². The number of halogens is 1. The Kier molecular flexibility index (Phi) is 9.19. The summed E-state index contributed by atoms with van der Waals surface area (Å²) in [6.07, 6.45) is 5.58. The smallest absolute Gasteiger partial charge is 0.311 e. The van der Waals surface area contributed by atoms with E-state index in [4.69, 9.17) is 4.74 Å². The van der Waals surface area contributed by atoms with Crippen molar-refractivity contribution < 1.29 is 24.2 Å². The zero-order valence-corrected chi connectivity index (χ0v) is 23.6. The van der Waals surface area contributed by atoms with Crippen LogP contribution in [-0.4, -0.2) is 85.4 Å². The van der Waals surface area contributed by atoms with Gasteiger partial charge in [0, 0.05) is 22.7 Å². The monoisotopic (exact) mass is 570 g/mol. The van der Waals surface area contributed by atoms with Crippen LogP contribution in [-0.2, 0) is 19.1 Å². The van der Waals surface area contributed by atoms with Crippen LogP contribution >= 0.6 is 27.7 Å². The van der Waals surface area contributed by atoms with Crippen LogP contribution in [0.1, 0.15) is 47.0 Å². The average Bonchev–Trinajstić information content (AvgIpc) is 3.39. The van der Waals surface area contributed by atoms with Gasteiger partial charge in [-0.3, -0.25) is 14.4 Å². The Morgan fingerprint density at radius 1 is 1.34 bits per heavy atom.